The molecule has 1 aromatic rings. The molecule has 2 heterocycles. The lowest BCUT2D eigenvalue weighted by molar-refractivity contribution is -0.532. The van der Waals surface area contributed by atoms with Gasteiger partial charge in [-0.1, -0.05) is 16.3 Å². The molecule has 1 aromatic carbocycles. The zero-order valence-corrected chi connectivity index (χ0v) is 20.3. The standard InChI is InChI=1S/C21H24ClF4N5O3S/c1-29-12-18(28-29)35(33,34)31-8-6-30(7-9-31)20(2-4-21(25,26)5-3-20)13-27-19(32)14-10-17(24)15(22)11-16(14)23/h10-11H,1-9,12-13H2/p+1. The summed E-state index contributed by atoms with van der Waals surface area (Å²) in [6, 6.07) is 1.39. The summed E-state index contributed by atoms with van der Waals surface area (Å²) in [5, 5.41) is 5.93. The Morgan fingerprint density at radius 3 is 2.29 bits per heavy atom. The lowest BCUT2D eigenvalue weighted by Gasteiger charge is -2.50. The number of nitrogens with one attached hydrogen (secondary N) is 1. The first-order valence-electron chi connectivity index (χ1n) is 11.0. The number of amides is 1. The topological polar surface area (TPSA) is 85.1 Å². The van der Waals surface area contributed by atoms with Crippen molar-refractivity contribution >= 4 is 39.3 Å². The second kappa shape index (κ2) is 9.41. The van der Waals surface area contributed by atoms with Crippen LogP contribution in [0.15, 0.2) is 17.2 Å². The zero-order valence-electron chi connectivity index (χ0n) is 18.7. The normalized spacial score (nSPS) is 22.9. The summed E-state index contributed by atoms with van der Waals surface area (Å²) in [5.41, 5.74) is -1.42. The first-order chi connectivity index (χ1) is 16.3. The fraction of sp³-hybridized carbons (Fsp3) is 0.571. The lowest BCUT2D eigenvalue weighted by Crippen LogP contribution is -2.64. The first-order valence-corrected chi connectivity index (χ1v) is 12.9. The molecular weight excluding hydrogens is 514 g/mol. The summed E-state index contributed by atoms with van der Waals surface area (Å²) in [6.07, 6.45) is -0.704. The molecule has 1 N–H and O–H groups in total. The number of sulfonamides is 1. The largest absolute Gasteiger partial charge is 0.350 e. The van der Waals surface area contributed by atoms with Crippen molar-refractivity contribution in [1.29, 1.82) is 0 Å². The van der Waals surface area contributed by atoms with E-state index in [1.807, 2.05) is 4.90 Å². The van der Waals surface area contributed by atoms with Gasteiger partial charge in [-0.2, -0.15) is 4.31 Å². The van der Waals surface area contributed by atoms with Crippen LogP contribution in [0.2, 0.25) is 5.02 Å². The van der Waals surface area contributed by atoms with Crippen molar-refractivity contribution in [2.75, 3.05) is 39.3 Å². The van der Waals surface area contributed by atoms with E-state index in [1.165, 1.54) is 8.99 Å². The van der Waals surface area contributed by atoms with Crippen LogP contribution in [0, 0.1) is 11.6 Å². The van der Waals surface area contributed by atoms with Crippen LogP contribution in [0.25, 0.3) is 0 Å². The predicted octanol–water partition coefficient (Wildman–Crippen LogP) is 2.28. The van der Waals surface area contributed by atoms with Crippen molar-refractivity contribution in [2.24, 2.45) is 5.10 Å². The van der Waals surface area contributed by atoms with E-state index in [4.69, 9.17) is 11.6 Å². The zero-order chi connectivity index (χ0) is 25.6. The highest BCUT2D eigenvalue weighted by Crippen LogP contribution is 2.42. The SMILES string of the molecule is C=[N+]1CC(S(=O)(=O)N2CCN(C3(CNC(=O)c4cc(F)c(Cl)cc4F)CCC(F)(F)CC3)CC2)=N1. The Kier molecular flexibility index (Phi) is 6.99. The smallest absolute Gasteiger partial charge is 0.281 e. The van der Waals surface area contributed by atoms with Crippen molar-refractivity contribution in [1.82, 2.24) is 14.5 Å². The number of hydrazone groups is 1. The van der Waals surface area contributed by atoms with Crippen molar-refractivity contribution in [2.45, 2.75) is 37.1 Å². The average Bonchev–Trinajstić information content (AvgIpc) is 2.79. The van der Waals surface area contributed by atoms with Crippen LogP contribution in [-0.2, 0) is 10.0 Å². The van der Waals surface area contributed by atoms with Gasteiger partial charge in [0.05, 0.1) is 10.6 Å². The highest BCUT2D eigenvalue weighted by Gasteiger charge is 2.48. The molecule has 0 atom stereocenters. The van der Waals surface area contributed by atoms with Gasteiger partial charge in [0.25, 0.3) is 21.0 Å². The van der Waals surface area contributed by atoms with E-state index in [9.17, 15) is 30.8 Å². The monoisotopic (exact) mass is 538 g/mol. The third-order valence-electron chi connectivity index (χ3n) is 6.86. The third kappa shape index (κ3) is 5.23. The molecule has 4 rings (SSSR count). The predicted molar refractivity (Wildman–Crippen MR) is 122 cm³/mol. The number of rotatable bonds is 5. The number of hydrogen-bond acceptors (Lipinski definition) is 5. The van der Waals surface area contributed by atoms with Gasteiger partial charge in [-0.15, -0.1) is 0 Å². The molecule has 0 aromatic heterocycles. The van der Waals surface area contributed by atoms with E-state index in [-0.39, 0.29) is 57.2 Å². The summed E-state index contributed by atoms with van der Waals surface area (Å²) in [7, 11) is -3.73. The molecular formula is C21H25ClF4N5O3S+. The molecule has 0 radical (unpaired) electrons. The maximum atomic E-state index is 14.2. The summed E-state index contributed by atoms with van der Waals surface area (Å²) in [4.78, 5) is 14.5. The minimum Gasteiger partial charge on any atom is -0.350 e. The fourth-order valence-corrected chi connectivity index (χ4v) is 6.33. The van der Waals surface area contributed by atoms with Gasteiger partial charge in [-0.3, -0.25) is 9.69 Å². The quantitative estimate of drug-likeness (QED) is 0.354. The van der Waals surface area contributed by atoms with Gasteiger partial charge in [0.15, 0.2) is 6.72 Å². The number of nitrogens with zero attached hydrogens (tertiary/aromatic N) is 4. The summed E-state index contributed by atoms with van der Waals surface area (Å²) in [6.45, 7) is 4.33. The molecule has 8 nitrogen and oxygen atoms in total. The van der Waals surface area contributed by atoms with Gasteiger partial charge < -0.3 is 5.32 Å². The number of halogens is 5. The Bertz CT molecular complexity index is 1180. The molecule has 2 aliphatic heterocycles. The molecule has 1 saturated carbocycles. The third-order valence-corrected chi connectivity index (χ3v) is 9.00. The van der Waals surface area contributed by atoms with Crippen LogP contribution < -0.4 is 5.32 Å². The van der Waals surface area contributed by atoms with Crippen LogP contribution in [0.4, 0.5) is 17.6 Å². The minimum absolute atomic E-state index is 0.0254. The molecule has 0 unspecified atom stereocenters. The number of carbonyl (C=O) groups is 1. The molecule has 0 spiro atoms. The van der Waals surface area contributed by atoms with E-state index in [0.29, 0.717) is 12.1 Å². The van der Waals surface area contributed by atoms with Gasteiger partial charge in [-0.25, -0.2) is 26.0 Å². The molecule has 3 aliphatic rings. The first kappa shape index (κ1) is 26.0. The van der Waals surface area contributed by atoms with Gasteiger partial charge in [0, 0.05) is 56.2 Å². The Balaban J connectivity index is 1.48. The van der Waals surface area contributed by atoms with Gasteiger partial charge in [0.2, 0.25) is 12.5 Å². The van der Waals surface area contributed by atoms with Crippen molar-refractivity contribution in [3.63, 3.8) is 0 Å². The summed E-state index contributed by atoms with van der Waals surface area (Å²) in [5.74, 6) is -5.69. The Hall–Kier alpha value is -2.09. The Morgan fingerprint density at radius 1 is 1.11 bits per heavy atom. The average molecular weight is 539 g/mol. The van der Waals surface area contributed by atoms with E-state index in [2.05, 4.69) is 17.1 Å². The van der Waals surface area contributed by atoms with Crippen LogP contribution in [-0.4, -0.2) is 90.7 Å². The molecule has 192 valence electrons. The maximum absolute atomic E-state index is 14.2. The number of hydrogen-bond donors (Lipinski definition) is 1. The van der Waals surface area contributed by atoms with E-state index in [1.54, 1.807) is 0 Å². The number of alkyl halides is 2. The van der Waals surface area contributed by atoms with E-state index in [0.717, 1.165) is 0 Å². The highest BCUT2D eigenvalue weighted by molar-refractivity contribution is 8.04. The molecule has 1 aliphatic carbocycles. The minimum atomic E-state index is -3.73. The fourth-order valence-electron chi connectivity index (χ4n) is 4.71. The number of piperazine rings is 1. The molecule has 35 heavy (non-hydrogen) atoms. The van der Waals surface area contributed by atoms with Crippen LogP contribution in [0.1, 0.15) is 36.0 Å². The van der Waals surface area contributed by atoms with Gasteiger partial charge in [-0.05, 0) is 25.0 Å². The Morgan fingerprint density at radius 2 is 1.71 bits per heavy atom. The second-order valence-corrected chi connectivity index (χ2v) is 11.4. The van der Waals surface area contributed by atoms with Crippen LogP contribution >= 0.6 is 11.6 Å². The molecule has 0 bridgehead atoms. The number of benzene rings is 1. The van der Waals surface area contributed by atoms with E-state index >= 15 is 0 Å². The Labute approximate surface area is 205 Å². The van der Waals surface area contributed by atoms with Crippen LogP contribution in [0.3, 0.4) is 0 Å². The van der Waals surface area contributed by atoms with Gasteiger partial charge >= 0.3 is 0 Å². The maximum Gasteiger partial charge on any atom is 0.281 e. The van der Waals surface area contributed by atoms with Crippen molar-refractivity contribution in [3.05, 3.63) is 34.4 Å². The molecule has 2 fully saturated rings. The molecule has 14 heteroatoms. The van der Waals surface area contributed by atoms with Crippen molar-refractivity contribution < 1.29 is 35.5 Å². The number of carbonyl (C=O) groups excluding carboxylic acids is 1. The van der Waals surface area contributed by atoms with Crippen LogP contribution in [0.5, 0.6) is 0 Å². The van der Waals surface area contributed by atoms with Gasteiger partial charge in [0.1, 0.15) is 11.6 Å². The summed E-state index contributed by atoms with van der Waals surface area (Å²) >= 11 is 5.54. The summed E-state index contributed by atoms with van der Waals surface area (Å²) < 4.78 is 83.9. The van der Waals surface area contributed by atoms with E-state index < -0.39 is 62.5 Å². The molecule has 1 amide bonds. The second-order valence-electron chi connectivity index (χ2n) is 9.06. The lowest BCUT2D eigenvalue weighted by atomic mass is 9.78. The molecule has 1 saturated heterocycles. The van der Waals surface area contributed by atoms with Crippen molar-refractivity contribution in [3.8, 4) is 0 Å². The highest BCUT2D eigenvalue weighted by atomic mass is 35.5.